The molecule has 0 atom stereocenters. The third kappa shape index (κ3) is 3.16. The first kappa shape index (κ1) is 9.60. The third-order valence-corrected chi connectivity index (χ3v) is 1.58. The van der Waals surface area contributed by atoms with Crippen molar-refractivity contribution in [1.82, 2.24) is 4.98 Å². The van der Waals surface area contributed by atoms with Crippen LogP contribution in [0.2, 0.25) is 0 Å². The van der Waals surface area contributed by atoms with Crippen LogP contribution in [0.15, 0.2) is 12.1 Å². The van der Waals surface area contributed by atoms with E-state index in [0.717, 1.165) is 24.1 Å². The van der Waals surface area contributed by atoms with Crippen molar-refractivity contribution in [2.45, 2.75) is 26.7 Å². The number of pyridine rings is 1. The van der Waals surface area contributed by atoms with Crippen LogP contribution in [0.3, 0.4) is 0 Å². The van der Waals surface area contributed by atoms with E-state index in [9.17, 15) is 0 Å². The Labute approximate surface area is 79.2 Å². The van der Waals surface area contributed by atoms with Crippen molar-refractivity contribution in [3.63, 3.8) is 0 Å². The van der Waals surface area contributed by atoms with Gasteiger partial charge in [0.1, 0.15) is 11.5 Å². The molecule has 0 fully saturated rings. The molecule has 0 spiro atoms. The average molecular weight is 174 g/mol. The summed E-state index contributed by atoms with van der Waals surface area (Å²) < 4.78 is 0. The summed E-state index contributed by atoms with van der Waals surface area (Å²) in [6.07, 6.45) is 1.99. The first-order valence-electron chi connectivity index (χ1n) is 4.45. The SMILES string of the molecule is CCCC#Cc1cc(C)cc(N)n1. The number of nitrogens with zero attached hydrogens (tertiary/aromatic N) is 1. The van der Waals surface area contributed by atoms with E-state index < -0.39 is 0 Å². The van der Waals surface area contributed by atoms with Crippen molar-refractivity contribution < 1.29 is 0 Å². The standard InChI is InChI=1S/C11H14N2/c1-3-4-5-6-10-7-9(2)8-11(12)13-10/h7-8H,3-4H2,1-2H3,(H2,12,13). The molecule has 68 valence electrons. The summed E-state index contributed by atoms with van der Waals surface area (Å²) in [5.74, 6) is 6.57. The van der Waals surface area contributed by atoms with Gasteiger partial charge in [-0.25, -0.2) is 4.98 Å². The number of unbranched alkanes of at least 4 members (excludes halogenated alkanes) is 1. The molecular weight excluding hydrogens is 160 g/mol. The number of nitrogens with two attached hydrogens (primary N) is 1. The lowest BCUT2D eigenvalue weighted by molar-refractivity contribution is 0.983. The van der Waals surface area contributed by atoms with Crippen molar-refractivity contribution in [2.24, 2.45) is 0 Å². The number of rotatable bonds is 1. The summed E-state index contributed by atoms with van der Waals surface area (Å²) >= 11 is 0. The van der Waals surface area contributed by atoms with Gasteiger partial charge in [-0.1, -0.05) is 12.8 Å². The van der Waals surface area contributed by atoms with E-state index >= 15 is 0 Å². The maximum Gasteiger partial charge on any atom is 0.125 e. The van der Waals surface area contributed by atoms with E-state index in [1.54, 1.807) is 0 Å². The molecule has 0 aliphatic rings. The van der Waals surface area contributed by atoms with E-state index in [1.807, 2.05) is 19.1 Å². The Balaban J connectivity index is 2.85. The van der Waals surface area contributed by atoms with Gasteiger partial charge in [0.15, 0.2) is 0 Å². The molecule has 0 aromatic carbocycles. The Morgan fingerprint density at radius 3 is 2.85 bits per heavy atom. The second-order valence-corrected chi connectivity index (χ2v) is 3.01. The van der Waals surface area contributed by atoms with Crippen molar-refractivity contribution >= 4 is 5.82 Å². The van der Waals surface area contributed by atoms with Crippen molar-refractivity contribution in [1.29, 1.82) is 0 Å². The molecule has 2 heteroatoms. The Morgan fingerprint density at radius 2 is 2.23 bits per heavy atom. The smallest absolute Gasteiger partial charge is 0.125 e. The highest BCUT2D eigenvalue weighted by molar-refractivity contribution is 5.40. The number of aromatic nitrogens is 1. The normalized spacial score (nSPS) is 9.08. The molecule has 0 aliphatic carbocycles. The highest BCUT2D eigenvalue weighted by atomic mass is 14.8. The lowest BCUT2D eigenvalue weighted by Gasteiger charge is -1.96. The van der Waals surface area contributed by atoms with Gasteiger partial charge in [-0.3, -0.25) is 0 Å². The molecule has 1 aromatic rings. The third-order valence-electron chi connectivity index (χ3n) is 1.58. The Morgan fingerprint density at radius 1 is 1.46 bits per heavy atom. The lowest BCUT2D eigenvalue weighted by Crippen LogP contribution is -1.93. The summed E-state index contributed by atoms with van der Waals surface area (Å²) in [5, 5.41) is 0. The van der Waals surface area contributed by atoms with Gasteiger partial charge < -0.3 is 5.73 Å². The van der Waals surface area contributed by atoms with Crippen LogP contribution in [0.25, 0.3) is 0 Å². The summed E-state index contributed by atoms with van der Waals surface area (Å²) in [7, 11) is 0. The Hall–Kier alpha value is -1.49. The summed E-state index contributed by atoms with van der Waals surface area (Å²) in [6, 6.07) is 3.78. The zero-order valence-electron chi connectivity index (χ0n) is 8.09. The van der Waals surface area contributed by atoms with Gasteiger partial charge in [0, 0.05) is 6.42 Å². The number of nitrogen functional groups attached to an aromatic ring is 1. The topological polar surface area (TPSA) is 38.9 Å². The fourth-order valence-electron chi connectivity index (χ4n) is 1.04. The number of anilines is 1. The molecule has 0 aliphatic heterocycles. The highest BCUT2D eigenvalue weighted by Crippen LogP contribution is 2.04. The Bertz CT molecular complexity index is 325. The Kier molecular flexibility index (Phi) is 3.33. The van der Waals surface area contributed by atoms with Gasteiger partial charge in [0.2, 0.25) is 0 Å². The molecule has 1 aromatic heterocycles. The monoisotopic (exact) mass is 174 g/mol. The molecule has 0 bridgehead atoms. The summed E-state index contributed by atoms with van der Waals surface area (Å²) in [6.45, 7) is 4.09. The zero-order valence-corrected chi connectivity index (χ0v) is 8.09. The number of hydrogen-bond donors (Lipinski definition) is 1. The van der Waals surface area contributed by atoms with E-state index in [4.69, 9.17) is 5.73 Å². The minimum absolute atomic E-state index is 0.542. The number of aryl methyl sites for hydroxylation is 1. The average Bonchev–Trinajstić information content (AvgIpc) is 2.03. The maximum absolute atomic E-state index is 5.58. The van der Waals surface area contributed by atoms with E-state index in [0.29, 0.717) is 5.82 Å². The van der Waals surface area contributed by atoms with Crippen molar-refractivity contribution in [2.75, 3.05) is 5.73 Å². The predicted octanol–water partition coefficient (Wildman–Crippen LogP) is 2.12. The van der Waals surface area contributed by atoms with E-state index in [1.165, 1.54) is 0 Å². The molecule has 0 saturated heterocycles. The van der Waals surface area contributed by atoms with E-state index in [-0.39, 0.29) is 0 Å². The van der Waals surface area contributed by atoms with Crippen LogP contribution < -0.4 is 5.73 Å². The van der Waals surface area contributed by atoms with Crippen LogP contribution in [-0.4, -0.2) is 4.98 Å². The second kappa shape index (κ2) is 4.51. The first-order chi connectivity index (χ1) is 6.22. The molecular formula is C11H14N2. The minimum Gasteiger partial charge on any atom is -0.384 e. The summed E-state index contributed by atoms with van der Waals surface area (Å²) in [5.41, 5.74) is 7.46. The van der Waals surface area contributed by atoms with Crippen LogP contribution in [0, 0.1) is 18.8 Å². The lowest BCUT2D eigenvalue weighted by atomic mass is 10.2. The van der Waals surface area contributed by atoms with Gasteiger partial charge in [-0.2, -0.15) is 0 Å². The fourth-order valence-corrected chi connectivity index (χ4v) is 1.04. The maximum atomic E-state index is 5.58. The second-order valence-electron chi connectivity index (χ2n) is 3.01. The van der Waals surface area contributed by atoms with Crippen LogP contribution in [0.4, 0.5) is 5.82 Å². The van der Waals surface area contributed by atoms with Gasteiger partial charge >= 0.3 is 0 Å². The largest absolute Gasteiger partial charge is 0.384 e. The molecule has 0 amide bonds. The van der Waals surface area contributed by atoms with Crippen LogP contribution in [0.5, 0.6) is 0 Å². The van der Waals surface area contributed by atoms with Crippen LogP contribution in [-0.2, 0) is 0 Å². The highest BCUT2D eigenvalue weighted by Gasteiger charge is 1.92. The molecule has 1 rings (SSSR count). The van der Waals surface area contributed by atoms with Crippen molar-refractivity contribution in [3.05, 3.63) is 23.4 Å². The van der Waals surface area contributed by atoms with Gasteiger partial charge in [0.05, 0.1) is 0 Å². The first-order valence-corrected chi connectivity index (χ1v) is 4.45. The molecule has 0 unspecified atom stereocenters. The molecule has 2 nitrogen and oxygen atoms in total. The number of hydrogen-bond acceptors (Lipinski definition) is 2. The van der Waals surface area contributed by atoms with Gasteiger partial charge in [0.25, 0.3) is 0 Å². The molecule has 0 radical (unpaired) electrons. The van der Waals surface area contributed by atoms with Crippen molar-refractivity contribution in [3.8, 4) is 11.8 Å². The molecule has 1 heterocycles. The quantitative estimate of drug-likeness (QED) is 0.662. The van der Waals surface area contributed by atoms with Gasteiger partial charge in [-0.05, 0) is 37.0 Å². The molecule has 2 N–H and O–H groups in total. The zero-order chi connectivity index (χ0) is 9.68. The summed E-state index contributed by atoms with van der Waals surface area (Å²) in [4.78, 5) is 4.11. The predicted molar refractivity (Wildman–Crippen MR) is 55.2 cm³/mol. The van der Waals surface area contributed by atoms with E-state index in [2.05, 4.69) is 23.7 Å². The minimum atomic E-state index is 0.542. The van der Waals surface area contributed by atoms with Crippen LogP contribution >= 0.6 is 0 Å². The van der Waals surface area contributed by atoms with Crippen LogP contribution in [0.1, 0.15) is 31.0 Å². The molecule has 13 heavy (non-hydrogen) atoms. The fraction of sp³-hybridized carbons (Fsp3) is 0.364. The van der Waals surface area contributed by atoms with Gasteiger partial charge in [-0.15, -0.1) is 0 Å². The molecule has 0 saturated carbocycles.